The van der Waals surface area contributed by atoms with Crippen LogP contribution in [0.5, 0.6) is 0 Å². The first kappa shape index (κ1) is 16.7. The molecule has 1 aromatic rings. The summed E-state index contributed by atoms with van der Waals surface area (Å²) >= 11 is 2.07. The molecule has 0 unspecified atom stereocenters. The van der Waals surface area contributed by atoms with Gasteiger partial charge in [-0.15, -0.1) is 0 Å². The van der Waals surface area contributed by atoms with E-state index in [1.165, 1.54) is 17.1 Å². The number of aryl methyl sites for hydroxylation is 2. The highest BCUT2D eigenvalue weighted by Gasteiger charge is 2.30. The Morgan fingerprint density at radius 3 is 2.71 bits per heavy atom. The van der Waals surface area contributed by atoms with Crippen LogP contribution in [0.3, 0.4) is 0 Å². The second kappa shape index (κ2) is 6.61. The molecule has 0 aliphatic carbocycles. The molecule has 0 amide bonds. The van der Waals surface area contributed by atoms with E-state index in [4.69, 9.17) is 0 Å². The lowest BCUT2D eigenvalue weighted by Gasteiger charge is -2.39. The van der Waals surface area contributed by atoms with Gasteiger partial charge in [0.15, 0.2) is 0 Å². The molecule has 1 aliphatic heterocycles. The van der Waals surface area contributed by atoms with Gasteiger partial charge in [-0.25, -0.2) is 0 Å². The lowest BCUT2D eigenvalue weighted by atomic mass is 10.1. The Labute approximate surface area is 133 Å². The van der Waals surface area contributed by atoms with E-state index < -0.39 is 0 Å². The lowest BCUT2D eigenvalue weighted by molar-refractivity contribution is 0.550. The molecule has 5 heteroatoms. The Balaban J connectivity index is 2.18. The largest absolute Gasteiger partial charge is 0.354 e. The van der Waals surface area contributed by atoms with Gasteiger partial charge in [0, 0.05) is 42.7 Å². The summed E-state index contributed by atoms with van der Waals surface area (Å²) in [4.78, 5) is 2.52. The van der Waals surface area contributed by atoms with Crippen molar-refractivity contribution in [3.8, 4) is 0 Å². The molecule has 0 bridgehead atoms. The third-order valence-electron chi connectivity index (χ3n) is 3.89. The van der Waals surface area contributed by atoms with Gasteiger partial charge in [-0.2, -0.15) is 16.9 Å². The zero-order valence-corrected chi connectivity index (χ0v) is 15.2. The third-order valence-corrected chi connectivity index (χ3v) is 5.19. The minimum atomic E-state index is 0.319. The van der Waals surface area contributed by atoms with Gasteiger partial charge < -0.3 is 10.2 Å². The van der Waals surface area contributed by atoms with Crippen LogP contribution in [0.4, 0.5) is 5.82 Å². The number of hydrogen-bond donors (Lipinski definition) is 1. The van der Waals surface area contributed by atoms with Gasteiger partial charge >= 0.3 is 0 Å². The monoisotopic (exact) mass is 310 g/mol. The van der Waals surface area contributed by atoms with Crippen molar-refractivity contribution < 1.29 is 0 Å². The van der Waals surface area contributed by atoms with Crippen LogP contribution in [0.25, 0.3) is 0 Å². The van der Waals surface area contributed by atoms with E-state index >= 15 is 0 Å². The Bertz CT molecular complexity index is 479. The molecule has 1 saturated heterocycles. The Hall–Kier alpha value is -0.680. The molecule has 1 fully saturated rings. The predicted molar refractivity (Wildman–Crippen MR) is 93.2 cm³/mol. The fraction of sp³-hybridized carbons (Fsp3) is 0.812. The second-order valence-electron chi connectivity index (χ2n) is 7.07. The van der Waals surface area contributed by atoms with Gasteiger partial charge in [-0.05, 0) is 33.2 Å². The second-order valence-corrected chi connectivity index (χ2v) is 8.87. The highest BCUT2D eigenvalue weighted by molar-refractivity contribution is 8.00. The summed E-state index contributed by atoms with van der Waals surface area (Å²) in [5, 5.41) is 8.23. The van der Waals surface area contributed by atoms with E-state index in [0.717, 1.165) is 31.9 Å². The van der Waals surface area contributed by atoms with E-state index in [0.29, 0.717) is 10.7 Å². The third kappa shape index (κ3) is 4.16. The fourth-order valence-corrected chi connectivity index (χ4v) is 4.09. The topological polar surface area (TPSA) is 33.1 Å². The zero-order chi connectivity index (χ0) is 15.6. The lowest BCUT2D eigenvalue weighted by Crippen LogP contribution is -2.44. The molecule has 4 nitrogen and oxygen atoms in total. The fourth-order valence-electron chi connectivity index (χ4n) is 2.98. The molecule has 2 heterocycles. The van der Waals surface area contributed by atoms with Gasteiger partial charge in [-0.1, -0.05) is 13.8 Å². The quantitative estimate of drug-likeness (QED) is 0.906. The minimum Gasteiger partial charge on any atom is -0.354 e. The first-order chi connectivity index (χ1) is 9.80. The van der Waals surface area contributed by atoms with Crippen LogP contribution in [0.1, 0.15) is 39.0 Å². The molecule has 0 radical (unpaired) electrons. The Morgan fingerprint density at radius 1 is 1.38 bits per heavy atom. The average Bonchev–Trinajstić information content (AvgIpc) is 2.62. The normalized spacial score (nSPS) is 18.5. The number of nitrogens with zero attached hydrogens (tertiary/aromatic N) is 3. The van der Waals surface area contributed by atoms with Crippen LogP contribution in [0.15, 0.2) is 0 Å². The van der Waals surface area contributed by atoms with E-state index in [9.17, 15) is 0 Å². The predicted octanol–water partition coefficient (Wildman–Crippen LogP) is 2.81. The molecule has 1 N–H and O–H groups in total. The van der Waals surface area contributed by atoms with Crippen molar-refractivity contribution in [2.75, 3.05) is 30.3 Å². The average molecular weight is 311 g/mol. The Morgan fingerprint density at radius 2 is 2.10 bits per heavy atom. The van der Waals surface area contributed by atoms with Crippen LogP contribution in [-0.4, -0.2) is 39.9 Å². The van der Waals surface area contributed by atoms with Gasteiger partial charge in [0.1, 0.15) is 5.82 Å². The summed E-state index contributed by atoms with van der Waals surface area (Å²) in [6.07, 6.45) is 0. The summed E-state index contributed by atoms with van der Waals surface area (Å²) in [7, 11) is 2.07. The molecule has 1 aromatic heterocycles. The van der Waals surface area contributed by atoms with Crippen molar-refractivity contribution in [2.45, 2.75) is 45.9 Å². The first-order valence-corrected chi connectivity index (χ1v) is 8.91. The molecular formula is C16H30N4S. The number of anilines is 1. The zero-order valence-electron chi connectivity index (χ0n) is 14.4. The number of nitrogens with one attached hydrogen (secondary N) is 1. The number of hydrogen-bond acceptors (Lipinski definition) is 4. The minimum absolute atomic E-state index is 0.319. The van der Waals surface area contributed by atoms with Gasteiger partial charge in [-0.3, -0.25) is 4.68 Å². The molecular weight excluding hydrogens is 280 g/mol. The van der Waals surface area contributed by atoms with Crippen LogP contribution >= 0.6 is 11.8 Å². The molecule has 0 saturated carbocycles. The van der Waals surface area contributed by atoms with Crippen LogP contribution in [-0.2, 0) is 13.6 Å². The number of rotatable bonds is 5. The smallest absolute Gasteiger partial charge is 0.131 e. The van der Waals surface area contributed by atoms with Crippen molar-refractivity contribution in [1.29, 1.82) is 0 Å². The summed E-state index contributed by atoms with van der Waals surface area (Å²) in [6.45, 7) is 15.5. The molecule has 21 heavy (non-hydrogen) atoms. The standard InChI is InChI=1S/C16H30N4S/c1-12(2)9-17-10-14-13(3)18-19(6)15(14)20-7-8-21-16(4,5)11-20/h12,17H,7-11H2,1-6H3. The van der Waals surface area contributed by atoms with Gasteiger partial charge in [0.2, 0.25) is 0 Å². The molecule has 120 valence electrons. The summed E-state index contributed by atoms with van der Waals surface area (Å²) in [5.41, 5.74) is 2.51. The Kier molecular flexibility index (Phi) is 5.25. The van der Waals surface area contributed by atoms with Crippen LogP contribution in [0, 0.1) is 12.8 Å². The molecule has 1 aliphatic rings. The number of aromatic nitrogens is 2. The van der Waals surface area contributed by atoms with Crippen molar-refractivity contribution in [2.24, 2.45) is 13.0 Å². The number of thioether (sulfide) groups is 1. The van der Waals surface area contributed by atoms with Crippen LogP contribution < -0.4 is 10.2 Å². The maximum atomic E-state index is 4.66. The summed E-state index contributed by atoms with van der Waals surface area (Å²) in [5.74, 6) is 3.17. The van der Waals surface area contributed by atoms with E-state index in [1.54, 1.807) is 0 Å². The highest BCUT2D eigenvalue weighted by Crippen LogP contribution is 2.34. The van der Waals surface area contributed by atoms with E-state index in [-0.39, 0.29) is 0 Å². The maximum absolute atomic E-state index is 4.66. The SMILES string of the molecule is Cc1nn(C)c(N2CCSC(C)(C)C2)c1CNCC(C)C. The molecule has 0 spiro atoms. The maximum Gasteiger partial charge on any atom is 0.131 e. The molecule has 2 rings (SSSR count). The van der Waals surface area contributed by atoms with E-state index in [1.807, 2.05) is 0 Å². The van der Waals surface area contributed by atoms with Gasteiger partial charge in [0.05, 0.1) is 5.69 Å². The van der Waals surface area contributed by atoms with Crippen molar-refractivity contribution >= 4 is 17.6 Å². The summed E-state index contributed by atoms with van der Waals surface area (Å²) in [6, 6.07) is 0. The van der Waals surface area contributed by atoms with Crippen molar-refractivity contribution in [3.05, 3.63) is 11.3 Å². The van der Waals surface area contributed by atoms with Gasteiger partial charge in [0.25, 0.3) is 0 Å². The van der Waals surface area contributed by atoms with Crippen molar-refractivity contribution in [1.82, 2.24) is 15.1 Å². The van der Waals surface area contributed by atoms with Crippen molar-refractivity contribution in [3.63, 3.8) is 0 Å². The molecule has 0 aromatic carbocycles. The molecule has 0 atom stereocenters. The first-order valence-electron chi connectivity index (χ1n) is 7.92. The van der Waals surface area contributed by atoms with E-state index in [2.05, 4.69) is 73.4 Å². The van der Waals surface area contributed by atoms with Crippen LogP contribution in [0.2, 0.25) is 0 Å². The summed E-state index contributed by atoms with van der Waals surface area (Å²) < 4.78 is 2.38. The highest BCUT2D eigenvalue weighted by atomic mass is 32.2.